The fourth-order valence-corrected chi connectivity index (χ4v) is 3.91. The summed E-state index contributed by atoms with van der Waals surface area (Å²) in [4.78, 5) is 4.53. The number of rotatable bonds is 5. The fourth-order valence-electron chi connectivity index (χ4n) is 3.46. The third-order valence-corrected chi connectivity index (χ3v) is 5.48. The van der Waals surface area contributed by atoms with Crippen LogP contribution in [-0.4, -0.2) is 18.6 Å². The Labute approximate surface area is 156 Å². The molecule has 2 aliphatic rings. The first-order valence-corrected chi connectivity index (χ1v) is 9.58. The minimum Gasteiger partial charge on any atom is -0.492 e. The van der Waals surface area contributed by atoms with Gasteiger partial charge in [0.25, 0.3) is 0 Å². The summed E-state index contributed by atoms with van der Waals surface area (Å²) in [5.41, 5.74) is 6.52. The molecular weight excluding hydrogens is 378 g/mol. The van der Waals surface area contributed by atoms with Crippen molar-refractivity contribution in [3.8, 4) is 5.75 Å². The minimum absolute atomic E-state index is 0.725. The van der Waals surface area contributed by atoms with Gasteiger partial charge in [0.05, 0.1) is 11.1 Å². The number of hydrogen-bond acceptors (Lipinski definition) is 4. The molecule has 4 rings (SSSR count). The normalized spacial score (nSPS) is 15.2. The Balaban J connectivity index is 1.53. The van der Waals surface area contributed by atoms with Crippen LogP contribution in [0.3, 0.4) is 0 Å². The van der Waals surface area contributed by atoms with E-state index >= 15 is 0 Å². The van der Waals surface area contributed by atoms with E-state index in [0.29, 0.717) is 0 Å². The molecule has 130 valence electrons. The Morgan fingerprint density at radius 2 is 2.16 bits per heavy atom. The van der Waals surface area contributed by atoms with Crippen LogP contribution in [0.25, 0.3) is 5.70 Å². The van der Waals surface area contributed by atoms with E-state index in [4.69, 9.17) is 4.74 Å². The molecule has 0 saturated heterocycles. The Morgan fingerprint density at radius 3 is 2.92 bits per heavy atom. The highest BCUT2D eigenvalue weighted by Crippen LogP contribution is 2.37. The van der Waals surface area contributed by atoms with Crippen molar-refractivity contribution in [1.82, 2.24) is 10.3 Å². The second-order valence-electron chi connectivity index (χ2n) is 6.50. The van der Waals surface area contributed by atoms with Crippen LogP contribution in [0.2, 0.25) is 0 Å². The SMILES string of the molecule is CNC(=C1CCC1)c1cccc(CNc2ncc(Br)c3c2CCO3)c1. The van der Waals surface area contributed by atoms with Crippen LogP contribution >= 0.6 is 15.9 Å². The molecule has 0 radical (unpaired) electrons. The quantitative estimate of drug-likeness (QED) is 0.776. The zero-order valence-corrected chi connectivity index (χ0v) is 15.9. The molecule has 0 bridgehead atoms. The van der Waals surface area contributed by atoms with Crippen molar-refractivity contribution in [2.24, 2.45) is 0 Å². The molecule has 25 heavy (non-hydrogen) atoms. The minimum atomic E-state index is 0.725. The van der Waals surface area contributed by atoms with Crippen molar-refractivity contribution in [2.75, 3.05) is 19.0 Å². The third-order valence-electron chi connectivity index (χ3n) is 4.92. The third kappa shape index (κ3) is 3.25. The Bertz CT molecular complexity index is 826. The molecule has 1 saturated carbocycles. The van der Waals surface area contributed by atoms with Gasteiger partial charge in [-0.15, -0.1) is 0 Å². The second kappa shape index (κ2) is 7.08. The van der Waals surface area contributed by atoms with Gasteiger partial charge in [-0.25, -0.2) is 4.98 Å². The zero-order chi connectivity index (χ0) is 17.2. The molecule has 0 unspecified atom stereocenters. The summed E-state index contributed by atoms with van der Waals surface area (Å²) < 4.78 is 6.62. The topological polar surface area (TPSA) is 46.2 Å². The standard InChI is InChI=1S/C20H22BrN3O/c1-22-18(14-5-3-6-14)15-7-2-4-13(10-15)11-23-20-16-8-9-25-19(16)17(21)12-24-20/h2,4,7,10,12,22H,3,5-6,8-9,11H2,1H3,(H,23,24). The van der Waals surface area contributed by atoms with E-state index < -0.39 is 0 Å². The van der Waals surface area contributed by atoms with Gasteiger partial charge in [0.2, 0.25) is 0 Å². The fraction of sp³-hybridized carbons (Fsp3) is 0.350. The van der Waals surface area contributed by atoms with Crippen molar-refractivity contribution in [3.05, 3.63) is 57.2 Å². The van der Waals surface area contributed by atoms with E-state index in [1.165, 1.54) is 41.7 Å². The molecule has 1 aliphatic heterocycles. The summed E-state index contributed by atoms with van der Waals surface area (Å²) in [6.45, 7) is 1.48. The van der Waals surface area contributed by atoms with Gasteiger partial charge in [0.15, 0.2) is 0 Å². The van der Waals surface area contributed by atoms with Gasteiger partial charge in [-0.1, -0.05) is 18.2 Å². The van der Waals surface area contributed by atoms with E-state index in [1.54, 1.807) is 0 Å². The Hall–Kier alpha value is -2.01. The van der Waals surface area contributed by atoms with Gasteiger partial charge < -0.3 is 15.4 Å². The van der Waals surface area contributed by atoms with Crippen LogP contribution in [0.15, 0.2) is 40.5 Å². The molecule has 0 atom stereocenters. The lowest BCUT2D eigenvalue weighted by molar-refractivity contribution is 0.355. The maximum Gasteiger partial charge on any atom is 0.142 e. The van der Waals surface area contributed by atoms with Crippen molar-refractivity contribution in [2.45, 2.75) is 32.2 Å². The molecule has 1 aromatic heterocycles. The second-order valence-corrected chi connectivity index (χ2v) is 7.35. The van der Waals surface area contributed by atoms with Gasteiger partial charge >= 0.3 is 0 Å². The predicted molar refractivity (Wildman–Crippen MR) is 105 cm³/mol. The summed E-state index contributed by atoms with van der Waals surface area (Å²) in [6.07, 6.45) is 6.45. The molecule has 2 aromatic rings. The van der Waals surface area contributed by atoms with Crippen LogP contribution in [0.5, 0.6) is 5.75 Å². The first kappa shape index (κ1) is 16.5. The molecular formula is C20H22BrN3O. The van der Waals surface area contributed by atoms with Crippen molar-refractivity contribution < 1.29 is 4.74 Å². The lowest BCUT2D eigenvalue weighted by Crippen LogP contribution is -2.13. The number of ether oxygens (including phenoxy) is 1. The highest BCUT2D eigenvalue weighted by atomic mass is 79.9. The Morgan fingerprint density at radius 1 is 1.28 bits per heavy atom. The van der Waals surface area contributed by atoms with Gasteiger partial charge in [-0.2, -0.15) is 0 Å². The van der Waals surface area contributed by atoms with Crippen molar-refractivity contribution in [1.29, 1.82) is 0 Å². The van der Waals surface area contributed by atoms with E-state index in [-0.39, 0.29) is 0 Å². The number of nitrogens with zero attached hydrogens (tertiary/aromatic N) is 1. The summed E-state index contributed by atoms with van der Waals surface area (Å²) in [6, 6.07) is 8.74. The number of hydrogen-bond donors (Lipinski definition) is 2. The number of halogens is 1. The number of fused-ring (bicyclic) bond motifs is 1. The smallest absolute Gasteiger partial charge is 0.142 e. The summed E-state index contributed by atoms with van der Waals surface area (Å²) in [5.74, 6) is 1.85. The first-order valence-electron chi connectivity index (χ1n) is 8.79. The number of allylic oxidation sites excluding steroid dienone is 1. The summed E-state index contributed by atoms with van der Waals surface area (Å²) in [5, 5.41) is 6.87. The van der Waals surface area contributed by atoms with Gasteiger partial charge in [0, 0.05) is 37.5 Å². The first-order chi connectivity index (χ1) is 12.3. The van der Waals surface area contributed by atoms with Crippen molar-refractivity contribution in [3.63, 3.8) is 0 Å². The van der Waals surface area contributed by atoms with E-state index in [9.17, 15) is 0 Å². The molecule has 5 heteroatoms. The maximum atomic E-state index is 5.69. The summed E-state index contributed by atoms with van der Waals surface area (Å²) in [7, 11) is 2.01. The van der Waals surface area contributed by atoms with Crippen LogP contribution in [0.1, 0.15) is 36.0 Å². The molecule has 1 aromatic carbocycles. The zero-order valence-electron chi connectivity index (χ0n) is 14.4. The monoisotopic (exact) mass is 399 g/mol. The van der Waals surface area contributed by atoms with Crippen molar-refractivity contribution >= 4 is 27.4 Å². The number of nitrogens with one attached hydrogen (secondary N) is 2. The predicted octanol–water partition coefficient (Wildman–Crippen LogP) is 4.51. The lowest BCUT2D eigenvalue weighted by atomic mass is 9.88. The van der Waals surface area contributed by atoms with E-state index in [1.807, 2.05) is 13.2 Å². The van der Waals surface area contributed by atoms with E-state index in [0.717, 1.165) is 41.2 Å². The number of anilines is 1. The molecule has 4 nitrogen and oxygen atoms in total. The summed E-state index contributed by atoms with van der Waals surface area (Å²) >= 11 is 3.51. The highest BCUT2D eigenvalue weighted by Gasteiger charge is 2.20. The number of aromatic nitrogens is 1. The van der Waals surface area contributed by atoms with E-state index in [2.05, 4.69) is 55.8 Å². The molecule has 0 amide bonds. The average Bonchev–Trinajstić information content (AvgIpc) is 3.08. The van der Waals surface area contributed by atoms with Crippen LogP contribution in [-0.2, 0) is 13.0 Å². The molecule has 0 spiro atoms. The largest absolute Gasteiger partial charge is 0.492 e. The molecule has 2 heterocycles. The van der Waals surface area contributed by atoms with Crippen LogP contribution in [0, 0.1) is 0 Å². The lowest BCUT2D eigenvalue weighted by Gasteiger charge is -2.22. The highest BCUT2D eigenvalue weighted by molar-refractivity contribution is 9.10. The molecule has 2 N–H and O–H groups in total. The number of benzene rings is 1. The van der Waals surface area contributed by atoms with Gasteiger partial charge in [0.1, 0.15) is 11.6 Å². The maximum absolute atomic E-state index is 5.69. The average molecular weight is 400 g/mol. The Kier molecular flexibility index (Phi) is 4.66. The molecule has 1 fully saturated rings. The molecule has 1 aliphatic carbocycles. The van der Waals surface area contributed by atoms with Gasteiger partial charge in [-0.3, -0.25) is 0 Å². The van der Waals surface area contributed by atoms with Crippen LogP contribution in [0.4, 0.5) is 5.82 Å². The number of pyridine rings is 1. The van der Waals surface area contributed by atoms with Gasteiger partial charge in [-0.05, 0) is 58.0 Å². The van der Waals surface area contributed by atoms with Crippen LogP contribution < -0.4 is 15.4 Å².